The van der Waals surface area contributed by atoms with Gasteiger partial charge in [-0.3, -0.25) is 4.79 Å². The van der Waals surface area contributed by atoms with Gasteiger partial charge < -0.3 is 15.2 Å². The fourth-order valence-corrected chi connectivity index (χ4v) is 1.73. The minimum Gasteiger partial charge on any atom is -0.508 e. The zero-order valence-corrected chi connectivity index (χ0v) is 11.7. The molecule has 0 saturated heterocycles. The van der Waals surface area contributed by atoms with E-state index in [0.29, 0.717) is 0 Å². The lowest BCUT2D eigenvalue weighted by Gasteiger charge is -2.20. The zero-order valence-electron chi connectivity index (χ0n) is 10.9. The van der Waals surface area contributed by atoms with Crippen molar-refractivity contribution < 1.29 is 19.4 Å². The largest absolute Gasteiger partial charge is 0.508 e. The van der Waals surface area contributed by atoms with E-state index in [1.807, 2.05) is 0 Å². The Morgan fingerprint density at radius 2 is 2.00 bits per heavy atom. The highest BCUT2D eigenvalue weighted by molar-refractivity contribution is 6.33. The average molecular weight is 286 g/mol. The molecule has 0 fully saturated rings. The number of carbonyl (C=O) groups is 2. The molecule has 1 rings (SSSR count). The third-order valence-corrected chi connectivity index (χ3v) is 2.93. The lowest BCUT2D eigenvalue weighted by molar-refractivity contribution is -0.144. The first-order valence-corrected chi connectivity index (χ1v) is 6.11. The Morgan fingerprint density at radius 3 is 2.53 bits per heavy atom. The summed E-state index contributed by atoms with van der Waals surface area (Å²) in [4.78, 5) is 23.6. The number of methoxy groups -OCH3 is 1. The van der Waals surface area contributed by atoms with Crippen LogP contribution in [0.15, 0.2) is 18.2 Å². The van der Waals surface area contributed by atoms with Crippen LogP contribution in [0.4, 0.5) is 0 Å². The minimum absolute atomic E-state index is 0.0753. The number of aromatic hydroxyl groups is 1. The van der Waals surface area contributed by atoms with Crippen LogP contribution in [0.5, 0.6) is 5.75 Å². The molecule has 0 aliphatic carbocycles. The van der Waals surface area contributed by atoms with Gasteiger partial charge in [0.2, 0.25) is 0 Å². The standard InChI is InChI=1S/C13H16ClNO4/c1-7(2)11(13(18)19-3)15-12(17)9-6-8(16)4-5-10(9)14/h4-7,11,16H,1-3H3,(H,15,17). The fourth-order valence-electron chi connectivity index (χ4n) is 1.53. The summed E-state index contributed by atoms with van der Waals surface area (Å²) in [7, 11) is 1.26. The van der Waals surface area contributed by atoms with Gasteiger partial charge in [-0.15, -0.1) is 0 Å². The van der Waals surface area contributed by atoms with Gasteiger partial charge >= 0.3 is 5.97 Å². The van der Waals surface area contributed by atoms with Crippen molar-refractivity contribution in [3.63, 3.8) is 0 Å². The molecule has 0 aliphatic heterocycles. The molecule has 1 aromatic carbocycles. The van der Waals surface area contributed by atoms with Crippen molar-refractivity contribution >= 4 is 23.5 Å². The molecule has 0 heterocycles. The summed E-state index contributed by atoms with van der Waals surface area (Å²) in [5, 5.41) is 12.1. The van der Waals surface area contributed by atoms with Crippen molar-refractivity contribution in [3.8, 4) is 5.75 Å². The van der Waals surface area contributed by atoms with Crippen molar-refractivity contribution in [2.75, 3.05) is 7.11 Å². The van der Waals surface area contributed by atoms with Crippen LogP contribution in [-0.2, 0) is 9.53 Å². The first-order chi connectivity index (χ1) is 8.86. The summed E-state index contributed by atoms with van der Waals surface area (Å²) < 4.78 is 4.63. The van der Waals surface area contributed by atoms with E-state index in [1.54, 1.807) is 13.8 Å². The number of carbonyl (C=O) groups excluding carboxylic acids is 2. The number of rotatable bonds is 4. The topological polar surface area (TPSA) is 75.6 Å². The number of ether oxygens (including phenoxy) is 1. The Bertz CT molecular complexity index is 488. The van der Waals surface area contributed by atoms with E-state index in [9.17, 15) is 14.7 Å². The van der Waals surface area contributed by atoms with Gasteiger partial charge in [0.05, 0.1) is 17.7 Å². The maximum atomic E-state index is 12.0. The van der Waals surface area contributed by atoms with E-state index < -0.39 is 17.9 Å². The molecular formula is C13H16ClNO4. The quantitative estimate of drug-likeness (QED) is 0.830. The summed E-state index contributed by atoms with van der Waals surface area (Å²) in [5.41, 5.74) is 0.108. The van der Waals surface area contributed by atoms with Crippen LogP contribution < -0.4 is 5.32 Å². The molecule has 1 amide bonds. The van der Waals surface area contributed by atoms with Crippen LogP contribution in [0.25, 0.3) is 0 Å². The summed E-state index contributed by atoms with van der Waals surface area (Å²) >= 11 is 5.88. The molecule has 0 bridgehead atoms. The lowest BCUT2D eigenvalue weighted by Crippen LogP contribution is -2.45. The Kier molecular flexibility index (Phi) is 5.18. The highest BCUT2D eigenvalue weighted by atomic mass is 35.5. The maximum Gasteiger partial charge on any atom is 0.328 e. The lowest BCUT2D eigenvalue weighted by atomic mass is 10.0. The van der Waals surface area contributed by atoms with Gasteiger partial charge in [0.15, 0.2) is 0 Å². The second-order valence-corrected chi connectivity index (χ2v) is 4.79. The average Bonchev–Trinajstić information content (AvgIpc) is 2.37. The van der Waals surface area contributed by atoms with Crippen molar-refractivity contribution in [3.05, 3.63) is 28.8 Å². The van der Waals surface area contributed by atoms with E-state index in [0.717, 1.165) is 0 Å². The van der Waals surface area contributed by atoms with Crippen LogP contribution in [-0.4, -0.2) is 30.1 Å². The number of halogens is 1. The van der Waals surface area contributed by atoms with Gasteiger partial charge in [0, 0.05) is 0 Å². The number of hydrogen-bond donors (Lipinski definition) is 2. The third kappa shape index (κ3) is 3.86. The highest BCUT2D eigenvalue weighted by Gasteiger charge is 2.26. The highest BCUT2D eigenvalue weighted by Crippen LogP contribution is 2.21. The van der Waals surface area contributed by atoms with Gasteiger partial charge in [-0.05, 0) is 24.1 Å². The number of benzene rings is 1. The molecule has 19 heavy (non-hydrogen) atoms. The van der Waals surface area contributed by atoms with Crippen LogP contribution >= 0.6 is 11.6 Å². The monoisotopic (exact) mass is 285 g/mol. The minimum atomic E-state index is -0.768. The van der Waals surface area contributed by atoms with Crippen molar-refractivity contribution in [2.24, 2.45) is 5.92 Å². The Hall–Kier alpha value is -1.75. The SMILES string of the molecule is COC(=O)C(NC(=O)c1cc(O)ccc1Cl)C(C)C. The Morgan fingerprint density at radius 1 is 1.37 bits per heavy atom. The number of hydrogen-bond acceptors (Lipinski definition) is 4. The fraction of sp³-hybridized carbons (Fsp3) is 0.385. The van der Waals surface area contributed by atoms with Gasteiger partial charge in [0.25, 0.3) is 5.91 Å². The molecule has 104 valence electrons. The van der Waals surface area contributed by atoms with Crippen LogP contribution in [0.2, 0.25) is 5.02 Å². The van der Waals surface area contributed by atoms with E-state index in [-0.39, 0.29) is 22.3 Å². The smallest absolute Gasteiger partial charge is 0.328 e. The molecule has 1 aromatic rings. The number of amides is 1. The number of nitrogens with one attached hydrogen (secondary N) is 1. The van der Waals surface area contributed by atoms with Crippen LogP contribution in [0.1, 0.15) is 24.2 Å². The summed E-state index contributed by atoms with van der Waals surface area (Å²) in [5.74, 6) is -1.27. The maximum absolute atomic E-state index is 12.0. The molecule has 0 radical (unpaired) electrons. The molecular weight excluding hydrogens is 270 g/mol. The third-order valence-electron chi connectivity index (χ3n) is 2.60. The van der Waals surface area contributed by atoms with E-state index >= 15 is 0 Å². The molecule has 0 saturated carbocycles. The van der Waals surface area contributed by atoms with E-state index in [1.165, 1.54) is 25.3 Å². The zero-order chi connectivity index (χ0) is 14.6. The van der Waals surface area contributed by atoms with E-state index in [2.05, 4.69) is 10.1 Å². The molecule has 0 aromatic heterocycles. The number of phenolic OH excluding ortho intramolecular Hbond substituents is 1. The van der Waals surface area contributed by atoms with Crippen molar-refractivity contribution in [1.82, 2.24) is 5.32 Å². The second-order valence-electron chi connectivity index (χ2n) is 4.38. The summed E-state index contributed by atoms with van der Waals surface area (Å²) in [6.45, 7) is 3.57. The summed E-state index contributed by atoms with van der Waals surface area (Å²) in [6, 6.07) is 3.26. The Labute approximate surface area is 116 Å². The normalized spacial score (nSPS) is 12.1. The molecule has 0 spiro atoms. The molecule has 6 heteroatoms. The molecule has 1 unspecified atom stereocenters. The molecule has 2 N–H and O–H groups in total. The first-order valence-electron chi connectivity index (χ1n) is 5.74. The van der Waals surface area contributed by atoms with Crippen LogP contribution in [0.3, 0.4) is 0 Å². The molecule has 5 nitrogen and oxygen atoms in total. The molecule has 0 aliphatic rings. The predicted molar refractivity (Wildman–Crippen MR) is 71.2 cm³/mol. The van der Waals surface area contributed by atoms with Gasteiger partial charge in [-0.25, -0.2) is 4.79 Å². The number of phenols is 1. The van der Waals surface area contributed by atoms with Crippen molar-refractivity contribution in [1.29, 1.82) is 0 Å². The second kappa shape index (κ2) is 6.43. The van der Waals surface area contributed by atoms with E-state index in [4.69, 9.17) is 11.6 Å². The van der Waals surface area contributed by atoms with Gasteiger partial charge in [-0.1, -0.05) is 25.4 Å². The van der Waals surface area contributed by atoms with Crippen molar-refractivity contribution in [2.45, 2.75) is 19.9 Å². The van der Waals surface area contributed by atoms with Gasteiger partial charge in [0.1, 0.15) is 11.8 Å². The Balaban J connectivity index is 2.94. The number of esters is 1. The molecule has 1 atom stereocenters. The predicted octanol–water partition coefficient (Wildman–Crippen LogP) is 1.97. The van der Waals surface area contributed by atoms with Crippen LogP contribution in [0, 0.1) is 5.92 Å². The van der Waals surface area contributed by atoms with Gasteiger partial charge in [-0.2, -0.15) is 0 Å². The first kappa shape index (κ1) is 15.3. The summed E-state index contributed by atoms with van der Waals surface area (Å²) in [6.07, 6.45) is 0.